The van der Waals surface area contributed by atoms with Crippen LogP contribution in [-0.2, 0) is 23.1 Å². The molecule has 2 aromatic heterocycles. The maximum absolute atomic E-state index is 15.3. The summed E-state index contributed by atoms with van der Waals surface area (Å²) >= 11 is 0. The normalized spacial score (nSPS) is 29.1. The molecule has 5 rings (SSSR count). The number of rotatable bonds is 10. The quantitative estimate of drug-likeness (QED) is 0.211. The van der Waals surface area contributed by atoms with E-state index >= 15 is 4.39 Å². The van der Waals surface area contributed by atoms with Crippen LogP contribution in [0, 0.1) is 5.92 Å². The molecule has 6 atom stereocenters. The number of aliphatic hydroxyl groups excluding tert-OH is 2. The highest BCUT2D eigenvalue weighted by Gasteiger charge is 2.47. The number of nitrogens with one attached hydrogen (secondary N) is 1. The van der Waals surface area contributed by atoms with Gasteiger partial charge in [-0.15, -0.1) is 0 Å². The highest BCUT2D eigenvalue weighted by Crippen LogP contribution is 2.55. The fourth-order valence-electron chi connectivity index (χ4n) is 5.39. The Balaban J connectivity index is 1.42. The van der Waals surface area contributed by atoms with Gasteiger partial charge in [0.2, 0.25) is 0 Å². The van der Waals surface area contributed by atoms with Crippen molar-refractivity contribution >= 4 is 32.2 Å². The minimum atomic E-state index is -4.87. The molecule has 40 heavy (non-hydrogen) atoms. The highest BCUT2D eigenvalue weighted by atomic mass is 31.2. The van der Waals surface area contributed by atoms with E-state index in [9.17, 15) is 24.2 Å². The van der Waals surface area contributed by atoms with Crippen LogP contribution in [0.25, 0.3) is 11.2 Å². The van der Waals surface area contributed by atoms with E-state index in [1.807, 2.05) is 0 Å². The van der Waals surface area contributed by atoms with E-state index < -0.39 is 58.4 Å². The van der Waals surface area contributed by atoms with E-state index in [0.29, 0.717) is 37.4 Å². The smallest absolute Gasteiger partial charge is 0.340 e. The number of halogens is 1. The molecule has 1 aliphatic carbocycles. The first-order valence-electron chi connectivity index (χ1n) is 13.2. The van der Waals surface area contributed by atoms with Crippen LogP contribution in [0.5, 0.6) is 0 Å². The lowest BCUT2D eigenvalue weighted by Gasteiger charge is -2.26. The van der Waals surface area contributed by atoms with E-state index in [2.05, 4.69) is 20.3 Å². The minimum Gasteiger partial charge on any atom is -0.387 e. The average molecular weight is 609 g/mol. The predicted molar refractivity (Wildman–Crippen MR) is 137 cm³/mol. The molecule has 6 N–H and O–H groups in total. The van der Waals surface area contributed by atoms with Crippen molar-refractivity contribution in [3.63, 3.8) is 0 Å². The summed E-state index contributed by atoms with van der Waals surface area (Å²) in [7, 11) is -9.62. The Morgan fingerprint density at radius 3 is 2.52 bits per heavy atom. The van der Waals surface area contributed by atoms with Gasteiger partial charge < -0.3 is 44.2 Å². The zero-order chi connectivity index (χ0) is 28.7. The zero-order valence-corrected chi connectivity index (χ0v) is 23.3. The van der Waals surface area contributed by atoms with Crippen LogP contribution in [0.2, 0.25) is 0 Å². The van der Waals surface area contributed by atoms with E-state index in [1.54, 1.807) is 0 Å². The number of alkyl halides is 1. The van der Waals surface area contributed by atoms with E-state index in [4.69, 9.17) is 23.8 Å². The molecule has 15 nitrogen and oxygen atoms in total. The van der Waals surface area contributed by atoms with Crippen molar-refractivity contribution in [1.29, 1.82) is 0 Å². The molecule has 3 aliphatic rings. The molecule has 0 amide bonds. The van der Waals surface area contributed by atoms with Gasteiger partial charge >= 0.3 is 15.2 Å². The fourth-order valence-corrected chi connectivity index (χ4v) is 7.96. The number of ether oxygens (including phenoxy) is 2. The molecule has 2 saturated heterocycles. The summed E-state index contributed by atoms with van der Waals surface area (Å²) in [5.74, 6) is -1.04. The first kappa shape index (κ1) is 29.9. The highest BCUT2D eigenvalue weighted by molar-refractivity contribution is 7.70. The summed E-state index contributed by atoms with van der Waals surface area (Å²) in [6, 6.07) is 0.152. The van der Waals surface area contributed by atoms with Crippen LogP contribution in [0.15, 0.2) is 6.33 Å². The number of hydrogen-bond acceptors (Lipinski definition) is 11. The lowest BCUT2D eigenvalue weighted by molar-refractivity contribution is -0.0425. The molecule has 18 heteroatoms. The molecule has 2 aliphatic heterocycles. The SMILES string of the molecule is O=P(O)(O)CP(=O)(O)OCC1O[C@@H](n2cnc3c(NC4CCCC4)nc(C(O)C4CCOCC4)nc32)[C@@H](F)[C@@H]1O. The van der Waals surface area contributed by atoms with Crippen LogP contribution in [-0.4, -0.2) is 94.6 Å². The molecule has 1 saturated carbocycles. The van der Waals surface area contributed by atoms with Gasteiger partial charge in [0.15, 0.2) is 41.1 Å². The van der Waals surface area contributed by atoms with Crippen molar-refractivity contribution in [1.82, 2.24) is 19.5 Å². The Labute approximate surface area is 228 Å². The Bertz CT molecular complexity index is 1280. The number of fused-ring (bicyclic) bond motifs is 1. The molecule has 2 aromatic rings. The first-order chi connectivity index (χ1) is 18.9. The number of anilines is 1. The number of imidazole rings is 1. The molecule has 3 fully saturated rings. The second kappa shape index (κ2) is 12.0. The van der Waals surface area contributed by atoms with Gasteiger partial charge in [0.1, 0.15) is 18.3 Å². The van der Waals surface area contributed by atoms with Crippen molar-refractivity contribution < 1.29 is 52.4 Å². The molecule has 3 unspecified atom stereocenters. The van der Waals surface area contributed by atoms with Gasteiger partial charge in [-0.2, -0.15) is 0 Å². The zero-order valence-electron chi connectivity index (χ0n) is 21.5. The van der Waals surface area contributed by atoms with Crippen LogP contribution in [0.3, 0.4) is 0 Å². The van der Waals surface area contributed by atoms with Gasteiger partial charge in [0, 0.05) is 19.3 Å². The van der Waals surface area contributed by atoms with Crippen LogP contribution >= 0.6 is 15.2 Å². The van der Waals surface area contributed by atoms with Crippen molar-refractivity contribution in [2.75, 3.05) is 31.0 Å². The molecule has 0 bridgehead atoms. The van der Waals surface area contributed by atoms with Crippen LogP contribution < -0.4 is 5.32 Å². The molecule has 224 valence electrons. The van der Waals surface area contributed by atoms with E-state index in [1.165, 1.54) is 10.9 Å². The molecular weight excluding hydrogens is 575 g/mol. The van der Waals surface area contributed by atoms with Gasteiger partial charge in [0.05, 0.1) is 12.9 Å². The second-order valence-corrected chi connectivity index (χ2v) is 14.5. The number of aromatic nitrogens is 4. The van der Waals surface area contributed by atoms with Crippen molar-refractivity contribution in [2.45, 2.75) is 75.3 Å². The Kier molecular flexibility index (Phi) is 8.94. The van der Waals surface area contributed by atoms with Crippen LogP contribution in [0.4, 0.5) is 10.2 Å². The van der Waals surface area contributed by atoms with Gasteiger partial charge in [-0.25, -0.2) is 19.3 Å². The third-order valence-corrected chi connectivity index (χ3v) is 10.9. The van der Waals surface area contributed by atoms with Crippen molar-refractivity contribution in [2.24, 2.45) is 5.92 Å². The Hall–Kier alpha value is -1.58. The standard InChI is InChI=1S/C22H34FN5O10P2/c23-15-18(30)14(9-37-40(34,35)11-39(31,32)33)38-22(15)28-10-24-16-19(25-13-3-1-2-4-13)26-20(27-21(16)28)17(29)12-5-7-36-8-6-12/h10,12-15,17-18,22,29-30H,1-9,11H2,(H,34,35)(H,25,26,27)(H2,31,32,33)/t14?,15-,17?,18+,22+/m0/s1. The minimum absolute atomic E-state index is 0.133. The predicted octanol–water partition coefficient (Wildman–Crippen LogP) is 1.57. The maximum atomic E-state index is 15.3. The maximum Gasteiger partial charge on any atom is 0.340 e. The van der Waals surface area contributed by atoms with Crippen molar-refractivity contribution in [3.8, 4) is 0 Å². The lowest BCUT2D eigenvalue weighted by Crippen LogP contribution is -2.31. The molecule has 0 aromatic carbocycles. The largest absolute Gasteiger partial charge is 0.387 e. The average Bonchev–Trinajstić information content (AvgIpc) is 3.62. The fraction of sp³-hybridized carbons (Fsp3) is 0.773. The summed E-state index contributed by atoms with van der Waals surface area (Å²) in [6.07, 6.45) is -1.20. The Morgan fingerprint density at radius 1 is 1.15 bits per heavy atom. The summed E-state index contributed by atoms with van der Waals surface area (Å²) in [6.45, 7) is 0.214. The monoisotopic (exact) mass is 609 g/mol. The number of hydrogen-bond donors (Lipinski definition) is 6. The van der Waals surface area contributed by atoms with Crippen molar-refractivity contribution in [3.05, 3.63) is 12.2 Å². The third-order valence-electron chi connectivity index (χ3n) is 7.48. The number of nitrogens with zero attached hydrogens (tertiary/aromatic N) is 4. The molecular formula is C22H34FN5O10P2. The second-order valence-electron chi connectivity index (χ2n) is 10.5. The number of aliphatic hydroxyl groups is 2. The summed E-state index contributed by atoms with van der Waals surface area (Å²) in [5, 5.41) is 25.0. The lowest BCUT2D eigenvalue weighted by atomic mass is 9.93. The third kappa shape index (κ3) is 6.73. The molecule has 0 spiro atoms. The molecule has 4 heterocycles. The van der Waals surface area contributed by atoms with Gasteiger partial charge in [-0.1, -0.05) is 12.8 Å². The van der Waals surface area contributed by atoms with E-state index in [-0.39, 0.29) is 23.4 Å². The van der Waals surface area contributed by atoms with E-state index in [0.717, 1.165) is 25.7 Å². The van der Waals surface area contributed by atoms with Gasteiger partial charge in [-0.05, 0) is 31.6 Å². The summed E-state index contributed by atoms with van der Waals surface area (Å²) in [4.78, 5) is 41.2. The van der Waals surface area contributed by atoms with Gasteiger partial charge in [0.25, 0.3) is 0 Å². The topological polar surface area (TPSA) is 219 Å². The van der Waals surface area contributed by atoms with Crippen LogP contribution in [0.1, 0.15) is 56.7 Å². The summed E-state index contributed by atoms with van der Waals surface area (Å²) < 4.78 is 55.5. The van der Waals surface area contributed by atoms with Gasteiger partial charge in [-0.3, -0.25) is 13.7 Å². The summed E-state index contributed by atoms with van der Waals surface area (Å²) in [5.41, 5.74) is 0.480. The molecule has 0 radical (unpaired) electrons. The first-order valence-corrected chi connectivity index (χ1v) is 16.7. The Morgan fingerprint density at radius 2 is 1.85 bits per heavy atom.